The largest absolute Gasteiger partial charge is 0.497 e. The molecule has 0 aliphatic carbocycles. The normalized spacial score (nSPS) is 15.6. The molecule has 1 aliphatic rings. The number of rotatable bonds is 7. The first-order valence-electron chi connectivity index (χ1n) is 11.4. The highest BCUT2D eigenvalue weighted by Gasteiger charge is 2.39. The van der Waals surface area contributed by atoms with Crippen LogP contribution in [0.1, 0.15) is 35.3 Å². The molecule has 1 aliphatic heterocycles. The highest BCUT2D eigenvalue weighted by atomic mass is 16.5. The Hall–Kier alpha value is -3.32. The number of fused-ring (bicyclic) bond motifs is 1. The van der Waals surface area contributed by atoms with Crippen molar-refractivity contribution in [1.82, 2.24) is 20.1 Å². The maximum atomic E-state index is 12.8. The number of likely N-dealkylation sites (tertiary alicyclic amines) is 1. The van der Waals surface area contributed by atoms with Crippen molar-refractivity contribution in [3.63, 3.8) is 0 Å². The van der Waals surface area contributed by atoms with Gasteiger partial charge >= 0.3 is 0 Å². The van der Waals surface area contributed by atoms with Crippen molar-refractivity contribution in [3.8, 4) is 5.75 Å². The number of hydrogen-bond acceptors (Lipinski definition) is 4. The predicted octanol–water partition coefficient (Wildman–Crippen LogP) is 3.38. The number of ether oxygens (including phenoxy) is 1. The smallest absolute Gasteiger partial charge is 0.267 e. The third kappa shape index (κ3) is 4.73. The maximum Gasteiger partial charge on any atom is 0.267 e. The number of nitrogens with one attached hydrogen (secondary N) is 2. The Morgan fingerprint density at radius 3 is 2.48 bits per heavy atom. The third-order valence-electron chi connectivity index (χ3n) is 6.81. The summed E-state index contributed by atoms with van der Waals surface area (Å²) < 4.78 is 5.23. The van der Waals surface area contributed by atoms with Gasteiger partial charge in [-0.05, 0) is 56.8 Å². The minimum absolute atomic E-state index is 0.0510. The van der Waals surface area contributed by atoms with Crippen LogP contribution in [0.2, 0.25) is 0 Å². The van der Waals surface area contributed by atoms with Gasteiger partial charge in [0.1, 0.15) is 11.4 Å². The Balaban J connectivity index is 1.29. The van der Waals surface area contributed by atoms with E-state index >= 15 is 0 Å². The standard InChI is InChI=1S/C26H32N4O3/c1-29(2)26(20-7-5-4-6-8-20)12-15-30(16-13-26)24(31)11-14-27-25(32)23-18-19-17-21(33-3)9-10-22(19)28-23/h4-10,17-18,28H,11-16H2,1-3H3,(H,27,32). The van der Waals surface area contributed by atoms with Crippen molar-refractivity contribution in [2.24, 2.45) is 0 Å². The molecule has 0 bridgehead atoms. The lowest BCUT2D eigenvalue weighted by atomic mass is 9.79. The number of aromatic nitrogens is 1. The average molecular weight is 449 g/mol. The van der Waals surface area contributed by atoms with E-state index in [1.165, 1.54) is 5.56 Å². The number of aromatic amines is 1. The van der Waals surface area contributed by atoms with Crippen LogP contribution in [-0.2, 0) is 10.3 Å². The molecule has 0 atom stereocenters. The van der Waals surface area contributed by atoms with E-state index in [0.717, 1.165) is 29.5 Å². The first-order chi connectivity index (χ1) is 15.9. The lowest BCUT2D eigenvalue weighted by Gasteiger charge is -2.46. The summed E-state index contributed by atoms with van der Waals surface area (Å²) in [5.41, 5.74) is 2.59. The molecule has 1 fully saturated rings. The fourth-order valence-corrected chi connectivity index (χ4v) is 4.76. The Morgan fingerprint density at radius 2 is 1.82 bits per heavy atom. The minimum Gasteiger partial charge on any atom is -0.497 e. The number of methoxy groups -OCH3 is 1. The highest BCUT2D eigenvalue weighted by Crippen LogP contribution is 2.37. The van der Waals surface area contributed by atoms with Crippen LogP contribution in [0.3, 0.4) is 0 Å². The van der Waals surface area contributed by atoms with Gasteiger partial charge in [0.15, 0.2) is 0 Å². The van der Waals surface area contributed by atoms with Crippen molar-refractivity contribution < 1.29 is 14.3 Å². The first-order valence-corrected chi connectivity index (χ1v) is 11.4. The van der Waals surface area contributed by atoms with Crippen LogP contribution in [0.4, 0.5) is 0 Å². The summed E-state index contributed by atoms with van der Waals surface area (Å²) in [7, 11) is 5.84. The molecule has 0 saturated carbocycles. The van der Waals surface area contributed by atoms with E-state index in [-0.39, 0.29) is 17.4 Å². The van der Waals surface area contributed by atoms with Gasteiger partial charge in [-0.25, -0.2) is 0 Å². The van der Waals surface area contributed by atoms with Gasteiger partial charge in [-0.15, -0.1) is 0 Å². The second kappa shape index (κ2) is 9.67. The number of piperidine rings is 1. The van der Waals surface area contributed by atoms with Crippen LogP contribution in [0.25, 0.3) is 10.9 Å². The lowest BCUT2D eigenvalue weighted by Crippen LogP contribution is -2.52. The van der Waals surface area contributed by atoms with Gasteiger partial charge < -0.3 is 19.9 Å². The zero-order valence-electron chi connectivity index (χ0n) is 19.6. The average Bonchev–Trinajstić information content (AvgIpc) is 3.28. The van der Waals surface area contributed by atoms with Gasteiger partial charge in [0.05, 0.1) is 7.11 Å². The molecular formula is C26H32N4O3. The molecule has 1 aromatic heterocycles. The summed E-state index contributed by atoms with van der Waals surface area (Å²) in [6.45, 7) is 1.73. The molecule has 7 nitrogen and oxygen atoms in total. The predicted molar refractivity (Wildman–Crippen MR) is 129 cm³/mol. The first kappa shape index (κ1) is 22.9. The molecular weight excluding hydrogens is 416 g/mol. The van der Waals surface area contributed by atoms with Crippen LogP contribution < -0.4 is 10.1 Å². The van der Waals surface area contributed by atoms with E-state index in [1.807, 2.05) is 29.2 Å². The molecule has 2 heterocycles. The number of nitrogens with zero attached hydrogens (tertiary/aromatic N) is 2. The molecule has 4 rings (SSSR count). The fourth-order valence-electron chi connectivity index (χ4n) is 4.76. The number of carbonyl (C=O) groups excluding carboxylic acids is 2. The van der Waals surface area contributed by atoms with Gasteiger partial charge in [-0.1, -0.05) is 30.3 Å². The van der Waals surface area contributed by atoms with Crippen LogP contribution in [0.15, 0.2) is 54.6 Å². The van der Waals surface area contributed by atoms with E-state index in [9.17, 15) is 9.59 Å². The Bertz CT molecular complexity index is 1120. The molecule has 0 unspecified atom stereocenters. The molecule has 174 valence electrons. The third-order valence-corrected chi connectivity index (χ3v) is 6.81. The molecule has 7 heteroatoms. The quantitative estimate of drug-likeness (QED) is 0.581. The van der Waals surface area contributed by atoms with Crippen LogP contribution in [0, 0.1) is 0 Å². The van der Waals surface area contributed by atoms with Gasteiger partial charge in [0, 0.05) is 42.5 Å². The van der Waals surface area contributed by atoms with Crippen molar-refractivity contribution in [1.29, 1.82) is 0 Å². The van der Waals surface area contributed by atoms with Gasteiger partial charge in [0.25, 0.3) is 5.91 Å². The second-order valence-electron chi connectivity index (χ2n) is 8.81. The monoisotopic (exact) mass is 448 g/mol. The van der Waals surface area contributed by atoms with Crippen molar-refractivity contribution in [2.45, 2.75) is 24.8 Å². The summed E-state index contributed by atoms with van der Waals surface area (Å²) in [4.78, 5) is 32.6. The minimum atomic E-state index is -0.215. The van der Waals surface area contributed by atoms with Gasteiger partial charge in [-0.2, -0.15) is 0 Å². The number of benzene rings is 2. The van der Waals surface area contributed by atoms with E-state index in [1.54, 1.807) is 13.2 Å². The van der Waals surface area contributed by atoms with Crippen LogP contribution in [-0.4, -0.2) is 67.4 Å². The van der Waals surface area contributed by atoms with Gasteiger partial charge in [0.2, 0.25) is 5.91 Å². The number of carbonyl (C=O) groups is 2. The lowest BCUT2D eigenvalue weighted by molar-refractivity contribution is -0.133. The summed E-state index contributed by atoms with van der Waals surface area (Å²) in [5, 5.41) is 3.77. The van der Waals surface area contributed by atoms with Crippen molar-refractivity contribution in [2.75, 3.05) is 40.8 Å². The summed E-state index contributed by atoms with van der Waals surface area (Å²) in [5.74, 6) is 0.607. The molecule has 0 spiro atoms. The van der Waals surface area contributed by atoms with Gasteiger partial charge in [-0.3, -0.25) is 14.5 Å². The SMILES string of the molecule is COc1ccc2[nH]c(C(=O)NCCC(=O)N3CCC(c4ccccc4)(N(C)C)CC3)cc2c1. The van der Waals surface area contributed by atoms with E-state index < -0.39 is 0 Å². The second-order valence-corrected chi connectivity index (χ2v) is 8.81. The summed E-state index contributed by atoms with van der Waals surface area (Å²) in [6.07, 6.45) is 2.07. The Labute approximate surface area is 194 Å². The molecule has 2 amide bonds. The highest BCUT2D eigenvalue weighted by molar-refractivity contribution is 5.98. The zero-order valence-corrected chi connectivity index (χ0v) is 19.6. The van der Waals surface area contributed by atoms with Crippen LogP contribution in [0.5, 0.6) is 5.75 Å². The summed E-state index contributed by atoms with van der Waals surface area (Å²) >= 11 is 0. The molecule has 3 aromatic rings. The molecule has 33 heavy (non-hydrogen) atoms. The van der Waals surface area contributed by atoms with E-state index in [0.29, 0.717) is 31.7 Å². The molecule has 2 N–H and O–H groups in total. The number of H-pyrrole nitrogens is 1. The summed E-state index contributed by atoms with van der Waals surface area (Å²) in [6, 6.07) is 17.9. The molecule has 0 radical (unpaired) electrons. The number of hydrogen-bond donors (Lipinski definition) is 2. The Kier molecular flexibility index (Phi) is 6.70. The van der Waals surface area contributed by atoms with Crippen LogP contribution >= 0.6 is 0 Å². The fraction of sp³-hybridized carbons (Fsp3) is 0.385. The van der Waals surface area contributed by atoms with Crippen molar-refractivity contribution >= 4 is 22.7 Å². The van der Waals surface area contributed by atoms with E-state index in [4.69, 9.17) is 4.74 Å². The van der Waals surface area contributed by atoms with Crippen molar-refractivity contribution in [3.05, 3.63) is 65.9 Å². The molecule has 2 aromatic carbocycles. The Morgan fingerprint density at radius 1 is 1.09 bits per heavy atom. The maximum absolute atomic E-state index is 12.8. The molecule has 1 saturated heterocycles. The zero-order chi connectivity index (χ0) is 23.4. The van der Waals surface area contributed by atoms with E-state index in [2.05, 4.69) is 53.6 Å². The topological polar surface area (TPSA) is 77.7 Å². The number of amides is 2.